The Morgan fingerprint density at radius 1 is 1.22 bits per heavy atom. The van der Waals surface area contributed by atoms with Crippen LogP contribution in [0.3, 0.4) is 0 Å². The molecule has 2 aromatic rings. The number of carbonyl (C=O) groups is 2. The number of carbonyl (C=O) groups excluding carboxylic acids is 2. The third kappa shape index (κ3) is 4.04. The van der Waals surface area contributed by atoms with Crippen LogP contribution in [0.25, 0.3) is 0 Å². The second kappa shape index (κ2) is 7.50. The van der Waals surface area contributed by atoms with E-state index in [4.69, 9.17) is 0 Å². The van der Waals surface area contributed by atoms with E-state index in [1.165, 1.54) is 17.8 Å². The number of aryl methyl sites for hydroxylation is 1. The highest BCUT2D eigenvalue weighted by Crippen LogP contribution is 2.15. The van der Waals surface area contributed by atoms with Gasteiger partial charge in [-0.1, -0.05) is 12.5 Å². The zero-order valence-electron chi connectivity index (χ0n) is 13.0. The van der Waals surface area contributed by atoms with Crippen LogP contribution in [-0.2, 0) is 24.3 Å². The predicted molar refractivity (Wildman–Crippen MR) is 87.3 cm³/mol. The van der Waals surface area contributed by atoms with Crippen LogP contribution in [0.1, 0.15) is 53.4 Å². The van der Waals surface area contributed by atoms with E-state index in [0.717, 1.165) is 37.5 Å². The Hall–Kier alpha value is -2.02. The van der Waals surface area contributed by atoms with E-state index in [9.17, 15) is 9.59 Å². The van der Waals surface area contributed by atoms with E-state index >= 15 is 0 Å². The van der Waals surface area contributed by atoms with Gasteiger partial charge in [0.2, 0.25) is 5.91 Å². The molecule has 0 bridgehead atoms. The first-order chi connectivity index (χ1) is 11.2. The molecule has 0 spiro atoms. The first kappa shape index (κ1) is 15.9. The number of hydrogen-bond acceptors (Lipinski definition) is 5. The van der Waals surface area contributed by atoms with Crippen LogP contribution >= 0.6 is 11.3 Å². The first-order valence-electron chi connectivity index (χ1n) is 7.98. The van der Waals surface area contributed by atoms with E-state index in [1.807, 2.05) is 11.4 Å². The third-order valence-electron chi connectivity index (χ3n) is 4.00. The molecule has 7 heteroatoms. The Balaban J connectivity index is 1.48. The van der Waals surface area contributed by atoms with Crippen LogP contribution in [-0.4, -0.2) is 26.5 Å². The molecule has 1 aliphatic heterocycles. The van der Waals surface area contributed by atoms with Gasteiger partial charge in [-0.2, -0.15) is 0 Å². The van der Waals surface area contributed by atoms with Crippen molar-refractivity contribution >= 4 is 23.0 Å². The maximum atomic E-state index is 11.9. The lowest BCUT2D eigenvalue weighted by molar-refractivity contribution is -0.121. The molecule has 0 unspecified atom stereocenters. The molecule has 23 heavy (non-hydrogen) atoms. The fourth-order valence-corrected chi connectivity index (χ4v) is 3.42. The predicted octanol–water partition coefficient (Wildman–Crippen LogP) is 2.35. The van der Waals surface area contributed by atoms with Gasteiger partial charge in [-0.3, -0.25) is 9.59 Å². The van der Waals surface area contributed by atoms with Gasteiger partial charge >= 0.3 is 0 Å². The van der Waals surface area contributed by atoms with Crippen LogP contribution in [0.4, 0.5) is 0 Å². The zero-order valence-corrected chi connectivity index (χ0v) is 13.8. The van der Waals surface area contributed by atoms with E-state index in [0.29, 0.717) is 11.4 Å². The molecule has 2 aromatic heterocycles. The summed E-state index contributed by atoms with van der Waals surface area (Å²) >= 11 is 1.41. The fraction of sp³-hybridized carbons (Fsp3) is 0.500. The molecule has 3 rings (SSSR count). The minimum Gasteiger partial charge on any atom is -0.349 e. The van der Waals surface area contributed by atoms with E-state index in [1.54, 1.807) is 6.07 Å². The van der Waals surface area contributed by atoms with Crippen LogP contribution in [0, 0.1) is 0 Å². The number of amides is 1. The normalized spacial score (nSPS) is 14.1. The highest BCUT2D eigenvalue weighted by molar-refractivity contribution is 7.12. The van der Waals surface area contributed by atoms with Crippen molar-refractivity contribution < 1.29 is 9.59 Å². The van der Waals surface area contributed by atoms with Gasteiger partial charge in [0, 0.05) is 25.8 Å². The summed E-state index contributed by atoms with van der Waals surface area (Å²) in [6.45, 7) is 1.30. The van der Waals surface area contributed by atoms with Crippen molar-refractivity contribution in [1.82, 2.24) is 20.1 Å². The number of thiophene rings is 1. The Morgan fingerprint density at radius 2 is 2.13 bits per heavy atom. The van der Waals surface area contributed by atoms with E-state index in [2.05, 4.69) is 20.1 Å². The SMILES string of the molecule is O=C(CCC(=O)c1cccs1)NCc1nnc2n1CCCCC2. The summed E-state index contributed by atoms with van der Waals surface area (Å²) < 4.78 is 2.12. The Kier molecular flexibility index (Phi) is 5.17. The number of Topliss-reactive ketones (excluding diaryl/α,β-unsaturated/α-hetero) is 1. The molecule has 0 aromatic carbocycles. The molecule has 1 amide bonds. The highest BCUT2D eigenvalue weighted by atomic mass is 32.1. The zero-order chi connectivity index (χ0) is 16.1. The second-order valence-corrected chi connectivity index (χ2v) is 6.62. The fourth-order valence-electron chi connectivity index (χ4n) is 2.73. The van der Waals surface area contributed by atoms with Gasteiger partial charge in [-0.05, 0) is 24.3 Å². The average molecular weight is 332 g/mol. The number of hydrogen-bond donors (Lipinski definition) is 1. The molecule has 0 atom stereocenters. The lowest BCUT2D eigenvalue weighted by atomic mass is 10.2. The third-order valence-corrected chi connectivity index (χ3v) is 4.92. The molecular formula is C16H20N4O2S. The molecular weight excluding hydrogens is 312 g/mol. The van der Waals surface area contributed by atoms with Crippen molar-refractivity contribution in [2.75, 3.05) is 0 Å². The molecule has 0 saturated carbocycles. The second-order valence-electron chi connectivity index (χ2n) is 5.67. The summed E-state index contributed by atoms with van der Waals surface area (Å²) in [4.78, 5) is 24.5. The maximum Gasteiger partial charge on any atom is 0.220 e. The minimum absolute atomic E-state index is 0.0199. The number of fused-ring (bicyclic) bond motifs is 1. The summed E-state index contributed by atoms with van der Waals surface area (Å²) in [7, 11) is 0. The molecule has 0 fully saturated rings. The van der Waals surface area contributed by atoms with Gasteiger partial charge in [0.05, 0.1) is 11.4 Å². The summed E-state index contributed by atoms with van der Waals surface area (Å²) in [5.41, 5.74) is 0. The summed E-state index contributed by atoms with van der Waals surface area (Å²) in [6, 6.07) is 3.63. The Labute approximate surface area is 138 Å². The van der Waals surface area contributed by atoms with Crippen molar-refractivity contribution in [3.63, 3.8) is 0 Å². The van der Waals surface area contributed by atoms with Crippen LogP contribution in [0.5, 0.6) is 0 Å². The minimum atomic E-state index is -0.124. The van der Waals surface area contributed by atoms with Gasteiger partial charge in [-0.25, -0.2) is 0 Å². The number of aromatic nitrogens is 3. The number of ketones is 1. The van der Waals surface area contributed by atoms with Crippen molar-refractivity contribution in [2.45, 2.75) is 51.6 Å². The van der Waals surface area contributed by atoms with Gasteiger partial charge in [0.1, 0.15) is 5.82 Å². The van der Waals surface area contributed by atoms with Gasteiger partial charge in [0.15, 0.2) is 11.6 Å². The van der Waals surface area contributed by atoms with E-state index in [-0.39, 0.29) is 24.5 Å². The van der Waals surface area contributed by atoms with Crippen LogP contribution < -0.4 is 5.32 Å². The summed E-state index contributed by atoms with van der Waals surface area (Å²) in [5, 5.41) is 13.1. The molecule has 1 N–H and O–H groups in total. The average Bonchev–Trinajstić information content (AvgIpc) is 3.16. The smallest absolute Gasteiger partial charge is 0.220 e. The molecule has 6 nitrogen and oxygen atoms in total. The molecule has 0 aliphatic carbocycles. The summed E-state index contributed by atoms with van der Waals surface area (Å²) in [5.74, 6) is 1.71. The van der Waals surface area contributed by atoms with E-state index < -0.39 is 0 Å². The standard InChI is InChI=1S/C16H20N4O2S/c21-12(13-5-4-10-23-13)7-8-16(22)17-11-15-19-18-14-6-2-1-3-9-20(14)15/h4-5,10H,1-3,6-9,11H2,(H,17,22). The monoisotopic (exact) mass is 332 g/mol. The van der Waals surface area contributed by atoms with Crippen molar-refractivity contribution in [1.29, 1.82) is 0 Å². The van der Waals surface area contributed by atoms with Gasteiger partial charge in [0.25, 0.3) is 0 Å². The molecule has 122 valence electrons. The number of nitrogens with one attached hydrogen (secondary N) is 1. The first-order valence-corrected chi connectivity index (χ1v) is 8.86. The lowest BCUT2D eigenvalue weighted by Gasteiger charge is -2.08. The largest absolute Gasteiger partial charge is 0.349 e. The molecule has 0 radical (unpaired) electrons. The van der Waals surface area contributed by atoms with Crippen LogP contribution in [0.2, 0.25) is 0 Å². The highest BCUT2D eigenvalue weighted by Gasteiger charge is 2.15. The number of nitrogens with zero attached hydrogens (tertiary/aromatic N) is 3. The Morgan fingerprint density at radius 3 is 2.96 bits per heavy atom. The van der Waals surface area contributed by atoms with Gasteiger partial charge in [-0.15, -0.1) is 21.5 Å². The van der Waals surface area contributed by atoms with Crippen LogP contribution in [0.15, 0.2) is 17.5 Å². The maximum absolute atomic E-state index is 11.9. The number of rotatable bonds is 6. The Bertz CT molecular complexity index is 678. The molecule has 3 heterocycles. The lowest BCUT2D eigenvalue weighted by Crippen LogP contribution is -2.25. The molecule has 0 saturated heterocycles. The van der Waals surface area contributed by atoms with Gasteiger partial charge < -0.3 is 9.88 Å². The quantitative estimate of drug-likeness (QED) is 0.824. The van der Waals surface area contributed by atoms with Crippen molar-refractivity contribution in [3.8, 4) is 0 Å². The van der Waals surface area contributed by atoms with Crippen molar-refractivity contribution in [2.24, 2.45) is 0 Å². The van der Waals surface area contributed by atoms with Crippen molar-refractivity contribution in [3.05, 3.63) is 34.0 Å². The summed E-state index contributed by atoms with van der Waals surface area (Å²) in [6.07, 6.45) is 4.88. The molecule has 1 aliphatic rings. The topological polar surface area (TPSA) is 76.9 Å².